The third kappa shape index (κ3) is 4.60. The molecule has 3 N–H and O–H groups in total. The molecule has 0 amide bonds. The van der Waals surface area contributed by atoms with Gasteiger partial charge in [0.2, 0.25) is 15.9 Å². The highest BCUT2D eigenvalue weighted by molar-refractivity contribution is 7.89. The minimum absolute atomic E-state index is 0.0939. The van der Waals surface area contributed by atoms with Crippen LogP contribution in [0.3, 0.4) is 0 Å². The van der Waals surface area contributed by atoms with Gasteiger partial charge in [-0.3, -0.25) is 0 Å². The van der Waals surface area contributed by atoms with E-state index in [1.165, 1.54) is 6.07 Å². The Labute approximate surface area is 136 Å². The lowest BCUT2D eigenvalue weighted by Gasteiger charge is -2.13. The Morgan fingerprint density at radius 3 is 2.61 bits per heavy atom. The fraction of sp³-hybridized carbons (Fsp3) is 0.467. The molecule has 0 unspecified atom stereocenters. The highest BCUT2D eigenvalue weighted by Crippen LogP contribution is 2.19. The molecule has 1 aromatic heterocycles. The maximum absolute atomic E-state index is 11.4. The number of primary sulfonamides is 1. The molecule has 2 rings (SSSR count). The van der Waals surface area contributed by atoms with Gasteiger partial charge < -0.3 is 9.84 Å². The van der Waals surface area contributed by atoms with Crippen molar-refractivity contribution in [3.05, 3.63) is 41.5 Å². The summed E-state index contributed by atoms with van der Waals surface area (Å²) in [6.07, 6.45) is 0. The molecule has 23 heavy (non-hydrogen) atoms. The number of rotatable bonds is 5. The Balaban J connectivity index is 2.05. The van der Waals surface area contributed by atoms with Gasteiger partial charge in [-0.2, -0.15) is 4.98 Å². The van der Waals surface area contributed by atoms with Crippen LogP contribution in [0.15, 0.2) is 33.7 Å². The molecule has 0 bridgehead atoms. The van der Waals surface area contributed by atoms with Crippen molar-refractivity contribution in [2.75, 3.05) is 0 Å². The van der Waals surface area contributed by atoms with Crippen LogP contribution in [-0.4, -0.2) is 18.6 Å². The van der Waals surface area contributed by atoms with Crippen LogP contribution in [-0.2, 0) is 22.0 Å². The van der Waals surface area contributed by atoms with Crippen LogP contribution >= 0.6 is 0 Å². The number of sulfonamides is 1. The second-order valence-electron chi connectivity index (χ2n) is 6.48. The zero-order valence-electron chi connectivity index (χ0n) is 13.7. The van der Waals surface area contributed by atoms with Gasteiger partial charge in [0.1, 0.15) is 0 Å². The Hall–Kier alpha value is -1.77. The lowest BCUT2D eigenvalue weighted by molar-refractivity contribution is 0.349. The normalized spacial score (nSPS) is 14.0. The van der Waals surface area contributed by atoms with Gasteiger partial charge in [-0.25, -0.2) is 13.6 Å². The molecule has 0 aliphatic heterocycles. The topological polar surface area (TPSA) is 111 Å². The molecule has 1 aromatic carbocycles. The SMILES string of the molecule is C[C@@H](NCc1nc(C(C)(C)C)no1)c1cccc(S(N)(=O)=O)c1. The van der Waals surface area contributed by atoms with Crippen LogP contribution in [0, 0.1) is 0 Å². The molecule has 1 atom stereocenters. The first-order valence-corrected chi connectivity index (χ1v) is 8.81. The summed E-state index contributed by atoms with van der Waals surface area (Å²) in [5.74, 6) is 1.14. The summed E-state index contributed by atoms with van der Waals surface area (Å²) in [5, 5.41) is 12.3. The predicted molar refractivity (Wildman–Crippen MR) is 86.1 cm³/mol. The van der Waals surface area contributed by atoms with Gasteiger partial charge in [-0.15, -0.1) is 0 Å². The fourth-order valence-corrected chi connectivity index (χ4v) is 2.52. The second kappa shape index (κ2) is 6.38. The van der Waals surface area contributed by atoms with Gasteiger partial charge in [0.05, 0.1) is 11.4 Å². The van der Waals surface area contributed by atoms with E-state index in [9.17, 15) is 8.42 Å². The van der Waals surface area contributed by atoms with Crippen LogP contribution in [0.4, 0.5) is 0 Å². The quantitative estimate of drug-likeness (QED) is 0.861. The van der Waals surface area contributed by atoms with E-state index in [0.29, 0.717) is 18.3 Å². The third-order valence-electron chi connectivity index (χ3n) is 3.39. The second-order valence-corrected chi connectivity index (χ2v) is 8.04. The van der Waals surface area contributed by atoms with Crippen molar-refractivity contribution < 1.29 is 12.9 Å². The maximum Gasteiger partial charge on any atom is 0.240 e. The van der Waals surface area contributed by atoms with Crippen LogP contribution in [0.1, 0.15) is 51.0 Å². The van der Waals surface area contributed by atoms with Gasteiger partial charge in [-0.05, 0) is 24.6 Å². The first-order chi connectivity index (χ1) is 10.6. The molecule has 2 aromatic rings. The lowest BCUT2D eigenvalue weighted by Crippen LogP contribution is -2.20. The first kappa shape index (κ1) is 17.6. The monoisotopic (exact) mass is 338 g/mol. The molecule has 8 heteroatoms. The van der Waals surface area contributed by atoms with Crippen LogP contribution in [0.25, 0.3) is 0 Å². The van der Waals surface area contributed by atoms with Crippen molar-refractivity contribution in [2.45, 2.75) is 50.6 Å². The van der Waals surface area contributed by atoms with Crippen molar-refractivity contribution in [3.8, 4) is 0 Å². The molecule has 0 saturated heterocycles. The van der Waals surface area contributed by atoms with Crippen molar-refractivity contribution in [1.29, 1.82) is 0 Å². The van der Waals surface area contributed by atoms with Crippen molar-refractivity contribution in [2.24, 2.45) is 5.14 Å². The molecule has 7 nitrogen and oxygen atoms in total. The van der Waals surface area contributed by atoms with E-state index in [2.05, 4.69) is 15.5 Å². The minimum atomic E-state index is -3.71. The molecule has 0 aliphatic rings. The van der Waals surface area contributed by atoms with E-state index in [1.807, 2.05) is 33.8 Å². The summed E-state index contributed by atoms with van der Waals surface area (Å²) < 4.78 is 28.0. The van der Waals surface area contributed by atoms with E-state index in [1.54, 1.807) is 12.1 Å². The number of nitrogens with zero attached hydrogens (tertiary/aromatic N) is 2. The number of aromatic nitrogens is 2. The lowest BCUT2D eigenvalue weighted by atomic mass is 9.96. The number of nitrogens with two attached hydrogens (primary N) is 1. The Morgan fingerprint density at radius 1 is 1.35 bits per heavy atom. The number of nitrogens with one attached hydrogen (secondary N) is 1. The molecule has 126 valence electrons. The third-order valence-corrected chi connectivity index (χ3v) is 4.30. The highest BCUT2D eigenvalue weighted by Gasteiger charge is 2.21. The molecule has 0 aliphatic carbocycles. The largest absolute Gasteiger partial charge is 0.338 e. The number of hydrogen-bond acceptors (Lipinski definition) is 6. The van der Waals surface area contributed by atoms with Crippen LogP contribution in [0.2, 0.25) is 0 Å². The number of benzene rings is 1. The molecule has 0 radical (unpaired) electrons. The summed E-state index contributed by atoms with van der Waals surface area (Å²) in [6.45, 7) is 8.34. The summed E-state index contributed by atoms with van der Waals surface area (Å²) in [7, 11) is -3.71. The van der Waals surface area contributed by atoms with E-state index >= 15 is 0 Å². The average Bonchev–Trinajstić information content (AvgIpc) is 2.93. The summed E-state index contributed by atoms with van der Waals surface area (Å²) in [6, 6.07) is 6.43. The van der Waals surface area contributed by atoms with Crippen molar-refractivity contribution >= 4 is 10.0 Å². The van der Waals surface area contributed by atoms with Gasteiger partial charge in [0, 0.05) is 11.5 Å². The molecule has 0 spiro atoms. The molecule has 1 heterocycles. The smallest absolute Gasteiger partial charge is 0.240 e. The van der Waals surface area contributed by atoms with Crippen molar-refractivity contribution in [3.63, 3.8) is 0 Å². The zero-order chi connectivity index (χ0) is 17.3. The minimum Gasteiger partial charge on any atom is -0.338 e. The maximum atomic E-state index is 11.4. The van der Waals surface area contributed by atoms with Gasteiger partial charge in [0.25, 0.3) is 0 Å². The van der Waals surface area contributed by atoms with Crippen molar-refractivity contribution in [1.82, 2.24) is 15.5 Å². The summed E-state index contributed by atoms with van der Waals surface area (Å²) in [4.78, 5) is 4.44. The Kier molecular flexibility index (Phi) is 4.88. The number of hydrogen-bond donors (Lipinski definition) is 2. The van der Waals surface area contributed by atoms with Gasteiger partial charge in [0.15, 0.2) is 5.82 Å². The zero-order valence-corrected chi connectivity index (χ0v) is 14.5. The van der Waals surface area contributed by atoms with E-state index in [4.69, 9.17) is 9.66 Å². The highest BCUT2D eigenvalue weighted by atomic mass is 32.2. The molecular weight excluding hydrogens is 316 g/mol. The van der Waals surface area contributed by atoms with Crippen LogP contribution in [0.5, 0.6) is 0 Å². The molecule has 0 fully saturated rings. The predicted octanol–water partition coefficient (Wildman–Crippen LogP) is 1.87. The Morgan fingerprint density at radius 2 is 2.04 bits per heavy atom. The van der Waals surface area contributed by atoms with E-state index in [-0.39, 0.29) is 16.4 Å². The van der Waals surface area contributed by atoms with Crippen LogP contribution < -0.4 is 10.5 Å². The Bertz CT molecular complexity index is 778. The summed E-state index contributed by atoms with van der Waals surface area (Å²) >= 11 is 0. The fourth-order valence-electron chi connectivity index (χ4n) is 1.95. The average molecular weight is 338 g/mol. The first-order valence-electron chi connectivity index (χ1n) is 7.26. The van der Waals surface area contributed by atoms with E-state index in [0.717, 1.165) is 5.56 Å². The molecular formula is C15H22N4O3S. The standard InChI is InChI=1S/C15H22N4O3S/c1-10(11-6-5-7-12(8-11)23(16,20)21)17-9-13-18-14(19-22-13)15(2,3)4/h5-8,10,17H,9H2,1-4H3,(H2,16,20,21)/t10-/m1/s1. The van der Waals surface area contributed by atoms with Gasteiger partial charge >= 0.3 is 0 Å². The summed E-state index contributed by atoms with van der Waals surface area (Å²) in [5.41, 5.74) is 0.643. The van der Waals surface area contributed by atoms with E-state index < -0.39 is 10.0 Å². The molecule has 0 saturated carbocycles. The van der Waals surface area contributed by atoms with Gasteiger partial charge in [-0.1, -0.05) is 38.1 Å².